The van der Waals surface area contributed by atoms with Gasteiger partial charge < -0.3 is 61.1 Å². The van der Waals surface area contributed by atoms with Gasteiger partial charge in [0.25, 0.3) is 0 Å². The highest BCUT2D eigenvalue weighted by molar-refractivity contribution is 5.91. The van der Waals surface area contributed by atoms with Gasteiger partial charge in [0.2, 0.25) is 5.75 Å². The largest absolute Gasteiger partial charge is 0.493 e. The van der Waals surface area contributed by atoms with Crippen molar-refractivity contribution in [2.45, 2.75) is 57.5 Å². The molecule has 6 rings (SSSR count). The SMILES string of the molecule is COc1cc2c(cc1OC)C(Cc1cc(C)c(OC)c(OC)c1)[N+](C)(CCCOC(=O)/C=C/C(=O)OCCC[N+]1(C)CCc3cc(OC)c(OC)cc3C1Cc1cc(OC)c(OC)c(OC)c1)CC2. The van der Waals surface area contributed by atoms with Gasteiger partial charge in [-0.15, -0.1) is 0 Å². The Kier molecular flexibility index (Phi) is 17.6. The van der Waals surface area contributed by atoms with Crippen LogP contribution in [0, 0.1) is 6.92 Å². The summed E-state index contributed by atoms with van der Waals surface area (Å²) in [6.45, 7) is 5.60. The van der Waals surface area contributed by atoms with Gasteiger partial charge in [0.1, 0.15) is 12.1 Å². The van der Waals surface area contributed by atoms with Crippen LogP contribution in [0.15, 0.2) is 60.7 Å². The molecule has 0 aromatic heterocycles. The number of ether oxygens (including phenoxy) is 11. The number of benzene rings is 4. The molecule has 2 heterocycles. The first-order valence-electron chi connectivity index (χ1n) is 23.4. The summed E-state index contributed by atoms with van der Waals surface area (Å²) in [6, 6.07) is 16.6. The van der Waals surface area contributed by atoms with Gasteiger partial charge in [0.05, 0.1) is 117 Å². The summed E-state index contributed by atoms with van der Waals surface area (Å²) in [5.41, 5.74) is 7.92. The highest BCUT2D eigenvalue weighted by Gasteiger charge is 2.42. The van der Waals surface area contributed by atoms with E-state index in [2.05, 4.69) is 44.4 Å². The Labute approximate surface area is 407 Å². The molecule has 0 saturated heterocycles. The second-order valence-electron chi connectivity index (χ2n) is 18.2. The maximum Gasteiger partial charge on any atom is 0.331 e. The summed E-state index contributed by atoms with van der Waals surface area (Å²) >= 11 is 0. The number of esters is 2. The number of quaternary nitrogens is 2. The van der Waals surface area contributed by atoms with Crippen molar-refractivity contribution in [1.29, 1.82) is 0 Å². The summed E-state index contributed by atoms with van der Waals surface area (Å²) in [4.78, 5) is 25.8. The van der Waals surface area contributed by atoms with Crippen molar-refractivity contribution < 1.29 is 70.7 Å². The van der Waals surface area contributed by atoms with Crippen molar-refractivity contribution in [1.82, 2.24) is 0 Å². The fourth-order valence-electron chi connectivity index (χ4n) is 10.3. The summed E-state index contributed by atoms with van der Waals surface area (Å²) < 4.78 is 63.8. The fraction of sp³-hybridized carbons (Fsp3) is 0.481. The van der Waals surface area contributed by atoms with E-state index in [4.69, 9.17) is 52.1 Å². The molecule has 0 fully saturated rings. The van der Waals surface area contributed by atoms with E-state index in [1.807, 2.05) is 25.1 Å². The Morgan fingerprint density at radius 3 is 1.23 bits per heavy atom. The van der Waals surface area contributed by atoms with E-state index >= 15 is 0 Å². The van der Waals surface area contributed by atoms with E-state index in [-0.39, 0.29) is 25.3 Å². The van der Waals surface area contributed by atoms with E-state index in [0.29, 0.717) is 74.2 Å². The number of nitrogens with zero attached hydrogens (tertiary/aromatic N) is 2. The molecule has 0 spiro atoms. The molecular weight excluding hydrogens is 885 g/mol. The van der Waals surface area contributed by atoms with Crippen LogP contribution < -0.4 is 42.6 Å². The number of hydrogen-bond acceptors (Lipinski definition) is 13. The van der Waals surface area contributed by atoms with E-state index < -0.39 is 11.9 Å². The number of carbonyl (C=O) groups excluding carboxylic acids is 2. The van der Waals surface area contributed by atoms with Gasteiger partial charge in [0, 0.05) is 61.8 Å². The summed E-state index contributed by atoms with van der Waals surface area (Å²) in [5.74, 6) is 4.66. The van der Waals surface area contributed by atoms with Gasteiger partial charge >= 0.3 is 11.9 Å². The monoisotopic (exact) mass is 957 g/mol. The maximum absolute atomic E-state index is 12.9. The van der Waals surface area contributed by atoms with Crippen LogP contribution in [0.5, 0.6) is 51.7 Å². The molecule has 0 N–H and O–H groups in total. The van der Waals surface area contributed by atoms with E-state index in [1.165, 1.54) is 16.7 Å². The van der Waals surface area contributed by atoms with Gasteiger partial charge in [-0.1, -0.05) is 6.07 Å². The van der Waals surface area contributed by atoms with Crippen LogP contribution in [0.25, 0.3) is 0 Å². The van der Waals surface area contributed by atoms with Crippen LogP contribution in [0.3, 0.4) is 0 Å². The lowest BCUT2D eigenvalue weighted by atomic mass is 9.85. The van der Waals surface area contributed by atoms with E-state index in [1.54, 1.807) is 64.0 Å². The van der Waals surface area contributed by atoms with E-state index in [9.17, 15) is 9.59 Å². The number of carbonyl (C=O) groups is 2. The normalized spacial score (nSPS) is 19.4. The number of hydrogen-bond donors (Lipinski definition) is 0. The molecule has 4 aromatic carbocycles. The minimum atomic E-state index is -0.602. The van der Waals surface area contributed by atoms with Gasteiger partial charge in [0.15, 0.2) is 46.0 Å². The molecular formula is C54H72N2O13+2. The minimum Gasteiger partial charge on any atom is -0.493 e. The smallest absolute Gasteiger partial charge is 0.331 e. The Bertz CT molecular complexity index is 2450. The molecule has 4 unspecified atom stereocenters. The van der Waals surface area contributed by atoms with Crippen LogP contribution >= 0.6 is 0 Å². The number of likely N-dealkylation sites (N-methyl/N-ethyl adjacent to an activating group) is 2. The van der Waals surface area contributed by atoms with Crippen molar-refractivity contribution in [3.05, 3.63) is 99.6 Å². The lowest BCUT2D eigenvalue weighted by Crippen LogP contribution is -2.52. The van der Waals surface area contributed by atoms with Gasteiger partial charge in [-0.3, -0.25) is 0 Å². The molecule has 0 saturated carbocycles. The number of fused-ring (bicyclic) bond motifs is 2. The Morgan fingerprint density at radius 2 is 0.855 bits per heavy atom. The highest BCUT2D eigenvalue weighted by Crippen LogP contribution is 2.46. The zero-order valence-electron chi connectivity index (χ0n) is 42.6. The van der Waals surface area contributed by atoms with Crippen molar-refractivity contribution >= 4 is 11.9 Å². The summed E-state index contributed by atoms with van der Waals surface area (Å²) in [5, 5.41) is 0. The molecule has 15 nitrogen and oxygen atoms in total. The standard InChI is InChI=1S/C54H72N2O13/c1-35-25-36(28-48(63-8)53(35)66-11)26-42-40-33-46(61-6)44(59-4)31-38(40)17-21-55(42,2)19-13-23-68-51(57)15-16-52(58)69-24-14-20-56(3)22-18-39-32-45(60-5)47(62-7)34-41(39)43(56)27-37-29-49(64-9)54(67-12)50(30-37)65-10/h15-16,25,28-34,42-43H,13-14,17-24,26-27H2,1-12H3/q+2/b16-15+. The Hall–Kier alpha value is -6.32. The third-order valence-electron chi connectivity index (χ3n) is 14.1. The Morgan fingerprint density at radius 1 is 0.493 bits per heavy atom. The molecule has 0 bridgehead atoms. The fourth-order valence-corrected chi connectivity index (χ4v) is 10.3. The topological polar surface area (TPSA) is 136 Å². The second-order valence-corrected chi connectivity index (χ2v) is 18.2. The molecule has 69 heavy (non-hydrogen) atoms. The molecule has 0 amide bonds. The quantitative estimate of drug-likeness (QED) is 0.0311. The van der Waals surface area contributed by atoms with Crippen LogP contribution in [-0.2, 0) is 44.7 Å². The van der Waals surface area contributed by atoms with Crippen LogP contribution in [0.4, 0.5) is 0 Å². The van der Waals surface area contributed by atoms with Gasteiger partial charge in [-0.05, 0) is 77.2 Å². The first-order chi connectivity index (χ1) is 33.2. The average molecular weight is 957 g/mol. The number of methoxy groups -OCH3 is 9. The second kappa shape index (κ2) is 23.3. The summed E-state index contributed by atoms with van der Waals surface area (Å²) in [6.07, 6.45) is 6.58. The van der Waals surface area contributed by atoms with Gasteiger partial charge in [-0.25, -0.2) is 9.59 Å². The van der Waals surface area contributed by atoms with Crippen molar-refractivity contribution in [3.8, 4) is 51.7 Å². The zero-order valence-corrected chi connectivity index (χ0v) is 42.6. The van der Waals surface area contributed by atoms with E-state index in [0.717, 1.165) is 85.6 Å². The molecule has 374 valence electrons. The molecule has 4 atom stereocenters. The third kappa shape index (κ3) is 11.8. The molecule has 4 aromatic rings. The molecule has 15 heteroatoms. The van der Waals surface area contributed by atoms with Crippen LogP contribution in [0.2, 0.25) is 0 Å². The van der Waals surface area contributed by atoms with Crippen molar-refractivity contribution in [2.75, 3.05) is 117 Å². The van der Waals surface area contributed by atoms with Crippen molar-refractivity contribution in [2.24, 2.45) is 0 Å². The first kappa shape index (κ1) is 52.1. The number of rotatable bonds is 23. The third-order valence-corrected chi connectivity index (χ3v) is 14.1. The minimum absolute atomic E-state index is 0.0115. The highest BCUT2D eigenvalue weighted by atomic mass is 16.5. The van der Waals surface area contributed by atoms with Crippen molar-refractivity contribution in [3.63, 3.8) is 0 Å². The molecule has 0 radical (unpaired) electrons. The van der Waals surface area contributed by atoms with Gasteiger partial charge in [-0.2, -0.15) is 0 Å². The van der Waals surface area contributed by atoms with Crippen LogP contribution in [0.1, 0.15) is 63.9 Å². The molecule has 2 aliphatic rings. The average Bonchev–Trinajstić information content (AvgIpc) is 3.36. The van der Waals surface area contributed by atoms with Crippen LogP contribution in [-0.4, -0.2) is 138 Å². The lowest BCUT2D eigenvalue weighted by Gasteiger charge is -2.46. The summed E-state index contributed by atoms with van der Waals surface area (Å²) in [7, 11) is 19.2. The zero-order chi connectivity index (χ0) is 49.9. The first-order valence-corrected chi connectivity index (χ1v) is 23.4. The Balaban J connectivity index is 1.06. The predicted molar refractivity (Wildman–Crippen MR) is 262 cm³/mol. The number of aryl methyl sites for hydroxylation is 1. The molecule has 2 aliphatic heterocycles. The maximum atomic E-state index is 12.9. The molecule has 0 aliphatic carbocycles. The lowest BCUT2D eigenvalue weighted by molar-refractivity contribution is -0.941. The predicted octanol–water partition coefficient (Wildman–Crippen LogP) is 7.77.